The highest BCUT2D eigenvalue weighted by Crippen LogP contribution is 2.26. The Hall–Kier alpha value is -3.74. The molecule has 2 aromatic heterocycles. The van der Waals surface area contributed by atoms with E-state index < -0.39 is 5.97 Å². The third-order valence-corrected chi connectivity index (χ3v) is 3.76. The first-order valence-corrected chi connectivity index (χ1v) is 8.28. The molecule has 0 aliphatic carbocycles. The summed E-state index contributed by atoms with van der Waals surface area (Å²) < 4.78 is 16.1. The van der Waals surface area contributed by atoms with Gasteiger partial charge in [-0.3, -0.25) is 4.79 Å². The largest absolute Gasteiger partial charge is 0.469 e. The second kappa shape index (κ2) is 7.25. The van der Waals surface area contributed by atoms with Crippen molar-refractivity contribution < 1.29 is 18.8 Å². The molecule has 4 aromatic rings. The molecule has 27 heavy (non-hydrogen) atoms. The Morgan fingerprint density at radius 1 is 1.04 bits per heavy atom. The van der Waals surface area contributed by atoms with E-state index >= 15 is 0 Å². The van der Waals surface area contributed by atoms with E-state index in [0.717, 1.165) is 11.3 Å². The van der Waals surface area contributed by atoms with E-state index in [2.05, 4.69) is 15.1 Å². The lowest BCUT2D eigenvalue weighted by molar-refractivity contribution is -0.132. The summed E-state index contributed by atoms with van der Waals surface area (Å²) in [4.78, 5) is 19.6. The van der Waals surface area contributed by atoms with Gasteiger partial charge in [0.1, 0.15) is 5.69 Å². The van der Waals surface area contributed by atoms with Crippen LogP contribution in [0, 0.1) is 0 Å². The monoisotopic (exact) mass is 361 g/mol. The van der Waals surface area contributed by atoms with Crippen LogP contribution >= 0.6 is 0 Å². The lowest BCUT2D eigenvalue weighted by Gasteiger charge is -2.08. The van der Waals surface area contributed by atoms with Crippen LogP contribution in [-0.4, -0.2) is 21.1 Å². The van der Waals surface area contributed by atoms with Crippen LogP contribution in [0.4, 0.5) is 0 Å². The average Bonchev–Trinajstić information content (AvgIpc) is 3.15. The first-order valence-electron chi connectivity index (χ1n) is 8.28. The van der Waals surface area contributed by atoms with Gasteiger partial charge in [-0.15, -0.1) is 0 Å². The van der Waals surface area contributed by atoms with Gasteiger partial charge in [0, 0.05) is 18.6 Å². The maximum absolute atomic E-state index is 11.2. The number of rotatable bonds is 5. The van der Waals surface area contributed by atoms with Crippen molar-refractivity contribution in [1.82, 2.24) is 15.1 Å². The van der Waals surface area contributed by atoms with Crippen molar-refractivity contribution >= 4 is 16.9 Å². The molecule has 0 saturated carbocycles. The highest BCUT2D eigenvalue weighted by atomic mass is 16.6. The van der Waals surface area contributed by atoms with Crippen molar-refractivity contribution in [2.24, 2.45) is 0 Å². The van der Waals surface area contributed by atoms with Gasteiger partial charge in [-0.05, 0) is 12.1 Å². The minimum atomic E-state index is -0.501. The summed E-state index contributed by atoms with van der Waals surface area (Å²) in [7, 11) is 0. The van der Waals surface area contributed by atoms with Gasteiger partial charge in [0.15, 0.2) is 12.4 Å². The number of nitrogens with zero attached hydrogens (tertiary/aromatic N) is 3. The van der Waals surface area contributed by atoms with Gasteiger partial charge in [-0.1, -0.05) is 47.6 Å². The van der Waals surface area contributed by atoms with Crippen LogP contribution in [0.2, 0.25) is 0 Å². The predicted molar refractivity (Wildman–Crippen MR) is 97.1 cm³/mol. The average molecular weight is 361 g/mol. The summed E-state index contributed by atoms with van der Waals surface area (Å²) in [5, 5.41) is 4.77. The lowest BCUT2D eigenvalue weighted by atomic mass is 10.1. The van der Waals surface area contributed by atoms with E-state index in [-0.39, 0.29) is 12.6 Å². The lowest BCUT2D eigenvalue weighted by Crippen LogP contribution is -2.07. The molecule has 0 atom stereocenters. The van der Waals surface area contributed by atoms with Crippen molar-refractivity contribution in [2.75, 3.05) is 0 Å². The molecule has 0 N–H and O–H groups in total. The molecule has 2 heterocycles. The van der Waals surface area contributed by atoms with E-state index in [0.29, 0.717) is 22.5 Å². The zero-order valence-corrected chi connectivity index (χ0v) is 14.5. The number of fused-ring (bicyclic) bond motifs is 1. The quantitative estimate of drug-likeness (QED) is 0.500. The van der Waals surface area contributed by atoms with Crippen LogP contribution in [0.15, 0.2) is 65.2 Å². The number of aromatic nitrogens is 3. The minimum absolute atomic E-state index is 0.0567. The van der Waals surface area contributed by atoms with Crippen LogP contribution in [0.25, 0.3) is 22.2 Å². The number of esters is 1. The Morgan fingerprint density at radius 3 is 2.63 bits per heavy atom. The molecule has 134 valence electrons. The minimum Gasteiger partial charge on any atom is -0.469 e. The molecule has 0 saturated heterocycles. The summed E-state index contributed by atoms with van der Waals surface area (Å²) in [5.41, 5.74) is 2.29. The first-order chi connectivity index (χ1) is 13.2. The van der Waals surface area contributed by atoms with Crippen molar-refractivity contribution in [3.8, 4) is 23.1 Å². The molecule has 0 aliphatic rings. The molecule has 7 heteroatoms. The Morgan fingerprint density at radius 2 is 1.81 bits per heavy atom. The molecule has 4 rings (SSSR count). The summed E-state index contributed by atoms with van der Waals surface area (Å²) in [6, 6.07) is 18.8. The number of ether oxygens (including phenoxy) is 2. The summed E-state index contributed by atoms with van der Waals surface area (Å²) >= 11 is 0. The summed E-state index contributed by atoms with van der Waals surface area (Å²) in [5.74, 6) is 0.346. The van der Waals surface area contributed by atoms with Crippen LogP contribution in [0.1, 0.15) is 12.7 Å². The third-order valence-electron chi connectivity index (χ3n) is 3.76. The molecule has 7 nitrogen and oxygen atoms in total. The normalized spacial score (nSPS) is 10.7. The number of hydrogen-bond donors (Lipinski definition) is 0. The van der Waals surface area contributed by atoms with Gasteiger partial charge < -0.3 is 14.0 Å². The molecule has 0 spiro atoms. The summed E-state index contributed by atoms with van der Waals surface area (Å²) in [6.07, 6.45) is 0. The third kappa shape index (κ3) is 3.77. The Balaban J connectivity index is 1.58. The number of para-hydroxylation sites is 1. The van der Waals surface area contributed by atoms with E-state index in [1.807, 2.05) is 54.6 Å². The summed E-state index contributed by atoms with van der Waals surface area (Å²) in [6.45, 7) is 1.42. The Kier molecular flexibility index (Phi) is 4.49. The van der Waals surface area contributed by atoms with Crippen LogP contribution in [0.5, 0.6) is 11.9 Å². The molecular formula is C20H15N3O4. The topological polar surface area (TPSA) is 87.3 Å². The van der Waals surface area contributed by atoms with Crippen molar-refractivity contribution in [2.45, 2.75) is 13.5 Å². The zero-order valence-electron chi connectivity index (χ0n) is 14.5. The first kappa shape index (κ1) is 16.7. The van der Waals surface area contributed by atoms with Gasteiger partial charge in [0.2, 0.25) is 5.88 Å². The molecule has 0 radical (unpaired) electrons. The molecule has 0 fully saturated rings. The van der Waals surface area contributed by atoms with Gasteiger partial charge in [0.05, 0.1) is 10.9 Å². The number of carbonyl (C=O) groups is 1. The fraction of sp³-hybridized carbons (Fsp3) is 0.100. The zero-order chi connectivity index (χ0) is 18.6. The fourth-order valence-corrected chi connectivity index (χ4v) is 2.58. The van der Waals surface area contributed by atoms with Crippen molar-refractivity contribution in [3.63, 3.8) is 0 Å². The second-order valence-electron chi connectivity index (χ2n) is 5.76. The Labute approximate surface area is 154 Å². The maximum atomic E-state index is 11.2. The van der Waals surface area contributed by atoms with Crippen molar-refractivity contribution in [3.05, 3.63) is 66.4 Å². The van der Waals surface area contributed by atoms with Crippen molar-refractivity contribution in [1.29, 1.82) is 0 Å². The molecular weight excluding hydrogens is 346 g/mol. The second-order valence-corrected chi connectivity index (χ2v) is 5.76. The van der Waals surface area contributed by atoms with Crippen LogP contribution < -0.4 is 9.47 Å². The molecule has 0 unspecified atom stereocenters. The number of carbonyl (C=O) groups excluding carboxylic acids is 1. The maximum Gasteiger partial charge on any atom is 0.328 e. The van der Waals surface area contributed by atoms with E-state index in [9.17, 15) is 4.79 Å². The van der Waals surface area contributed by atoms with Crippen LogP contribution in [-0.2, 0) is 11.4 Å². The molecule has 0 aliphatic heterocycles. The highest BCUT2D eigenvalue weighted by Gasteiger charge is 2.13. The highest BCUT2D eigenvalue weighted by molar-refractivity contribution is 5.84. The fourth-order valence-electron chi connectivity index (χ4n) is 2.58. The standard InChI is InChI=1S/C20H15N3O4/c1-13(24)26-20-21-17-10-6-5-9-16(17)19(22-20)25-12-15-11-18(23-27-15)14-7-3-2-4-8-14/h2-11H,12H2,1H3. The van der Waals surface area contributed by atoms with Gasteiger partial charge >= 0.3 is 12.0 Å². The SMILES string of the molecule is CC(=O)Oc1nc(OCc2cc(-c3ccccc3)no2)c2ccccc2n1. The number of benzene rings is 2. The van der Waals surface area contributed by atoms with E-state index in [4.69, 9.17) is 14.0 Å². The van der Waals surface area contributed by atoms with Gasteiger partial charge in [0.25, 0.3) is 0 Å². The van der Waals surface area contributed by atoms with E-state index in [1.165, 1.54) is 6.92 Å². The molecule has 2 aromatic carbocycles. The molecule has 0 bridgehead atoms. The smallest absolute Gasteiger partial charge is 0.328 e. The predicted octanol–water partition coefficient (Wildman–Crippen LogP) is 3.79. The Bertz CT molecular complexity index is 1090. The number of hydrogen-bond acceptors (Lipinski definition) is 7. The van der Waals surface area contributed by atoms with Gasteiger partial charge in [-0.2, -0.15) is 9.97 Å². The molecule has 0 amide bonds. The van der Waals surface area contributed by atoms with Gasteiger partial charge in [-0.25, -0.2) is 0 Å². The van der Waals surface area contributed by atoms with Crippen LogP contribution in [0.3, 0.4) is 0 Å². The van der Waals surface area contributed by atoms with E-state index in [1.54, 1.807) is 6.07 Å².